The zero-order chi connectivity index (χ0) is 10.3. The molecule has 0 spiro atoms. The van der Waals surface area contributed by atoms with E-state index in [4.69, 9.17) is 15.9 Å². The molecule has 0 aromatic carbocycles. The fourth-order valence-corrected chi connectivity index (χ4v) is 0.760. The Kier molecular flexibility index (Phi) is 6.24. The molecule has 0 aliphatic heterocycles. The number of carbonyl (C=O) groups excluding carboxylic acids is 1. The molecule has 5 nitrogen and oxygen atoms in total. The number of nitrogens with two attached hydrogens (primary N) is 1. The molecular weight excluding hydrogens is 189 g/mol. The van der Waals surface area contributed by atoms with Gasteiger partial charge >= 0.3 is 5.97 Å². The molecule has 76 valence electrons. The fraction of sp³-hybridized carbons (Fsp3) is 0.714. The van der Waals surface area contributed by atoms with E-state index in [9.17, 15) is 4.79 Å². The Bertz CT molecular complexity index is 187. The lowest BCUT2D eigenvalue weighted by atomic mass is 10.5. The van der Waals surface area contributed by atoms with Crippen molar-refractivity contribution in [1.29, 1.82) is 5.41 Å². The highest BCUT2D eigenvalue weighted by Gasteiger charge is 2.07. The van der Waals surface area contributed by atoms with Crippen molar-refractivity contribution in [3.63, 3.8) is 0 Å². The van der Waals surface area contributed by atoms with Crippen molar-refractivity contribution >= 4 is 21.2 Å². The molecule has 0 saturated carbocycles. The summed E-state index contributed by atoms with van der Waals surface area (Å²) in [5.41, 5.74) is 5.14. The maximum absolute atomic E-state index is 11.0. The number of nitrogens with zero attached hydrogens (tertiary/aromatic N) is 1. The predicted molar refractivity (Wildman–Crippen MR) is 54.7 cm³/mol. The van der Waals surface area contributed by atoms with Crippen LogP contribution in [0.1, 0.15) is 6.42 Å². The second-order valence-electron chi connectivity index (χ2n) is 2.60. The van der Waals surface area contributed by atoms with Gasteiger partial charge in [-0.25, -0.2) is 0 Å². The molecule has 0 rings (SSSR count). The first-order valence-corrected chi connectivity index (χ1v) is 4.80. The van der Waals surface area contributed by atoms with E-state index >= 15 is 0 Å². The Hall–Kier alpha value is -0.830. The average molecular weight is 205 g/mol. The zero-order valence-corrected chi connectivity index (χ0v) is 8.90. The molecule has 0 bridgehead atoms. The highest BCUT2D eigenvalue weighted by molar-refractivity contribution is 7.16. The number of ether oxygens (including phenoxy) is 1. The summed E-state index contributed by atoms with van der Waals surface area (Å²) in [4.78, 5) is 12.3. The molecule has 1 atom stereocenters. The van der Waals surface area contributed by atoms with Crippen molar-refractivity contribution in [2.75, 3.05) is 26.4 Å². The number of likely N-dealkylation sites (N-methyl/N-ethyl adjacent to an activating group) is 1. The van der Waals surface area contributed by atoms with Crippen molar-refractivity contribution in [2.24, 2.45) is 5.73 Å². The standard InChI is InChI=1S/C7H16N3O2P/c1-10(7(8)9)5-6(11)12-3-2-4-13/h2-5,13H2,1H3,(H3,8,9). The minimum Gasteiger partial charge on any atom is -0.464 e. The van der Waals surface area contributed by atoms with E-state index < -0.39 is 0 Å². The lowest BCUT2D eigenvalue weighted by Crippen LogP contribution is -2.37. The number of guanidine groups is 1. The lowest BCUT2D eigenvalue weighted by molar-refractivity contribution is -0.143. The number of esters is 1. The summed E-state index contributed by atoms with van der Waals surface area (Å²) in [5.74, 6) is -0.487. The van der Waals surface area contributed by atoms with Crippen LogP contribution in [0.5, 0.6) is 0 Å². The molecule has 13 heavy (non-hydrogen) atoms. The molecule has 6 heteroatoms. The normalized spacial score (nSPS) is 9.38. The van der Waals surface area contributed by atoms with Crippen molar-refractivity contribution in [3.05, 3.63) is 0 Å². The van der Waals surface area contributed by atoms with Gasteiger partial charge in [0.25, 0.3) is 0 Å². The Balaban J connectivity index is 3.56. The SMILES string of the molecule is CN(CC(=O)OCCCP)C(=N)N. The average Bonchev–Trinajstić information content (AvgIpc) is 2.04. The maximum Gasteiger partial charge on any atom is 0.325 e. The van der Waals surface area contributed by atoms with Gasteiger partial charge in [-0.3, -0.25) is 10.2 Å². The quantitative estimate of drug-likeness (QED) is 0.211. The van der Waals surface area contributed by atoms with Crippen LogP contribution in [0.4, 0.5) is 0 Å². The third-order valence-corrected chi connectivity index (χ3v) is 1.80. The van der Waals surface area contributed by atoms with Gasteiger partial charge < -0.3 is 15.4 Å². The van der Waals surface area contributed by atoms with Crippen LogP contribution in [-0.4, -0.2) is 43.2 Å². The van der Waals surface area contributed by atoms with Crippen LogP contribution in [0.2, 0.25) is 0 Å². The van der Waals surface area contributed by atoms with Crippen LogP contribution < -0.4 is 5.73 Å². The van der Waals surface area contributed by atoms with Crippen LogP contribution in [0.3, 0.4) is 0 Å². The third-order valence-electron chi connectivity index (χ3n) is 1.39. The lowest BCUT2D eigenvalue weighted by Gasteiger charge is -2.14. The summed E-state index contributed by atoms with van der Waals surface area (Å²) in [6, 6.07) is 0. The minimum atomic E-state index is -0.351. The summed E-state index contributed by atoms with van der Waals surface area (Å²) < 4.78 is 4.86. The van der Waals surface area contributed by atoms with Crippen molar-refractivity contribution < 1.29 is 9.53 Å². The maximum atomic E-state index is 11.0. The first-order valence-electron chi connectivity index (χ1n) is 3.98. The van der Waals surface area contributed by atoms with Crippen LogP contribution in [-0.2, 0) is 9.53 Å². The summed E-state index contributed by atoms with van der Waals surface area (Å²) >= 11 is 0. The topological polar surface area (TPSA) is 79.4 Å². The molecule has 1 unspecified atom stereocenters. The summed E-state index contributed by atoms with van der Waals surface area (Å²) in [6.07, 6.45) is 1.75. The highest BCUT2D eigenvalue weighted by Crippen LogP contribution is 1.90. The number of hydrogen-bond donors (Lipinski definition) is 2. The molecule has 0 amide bonds. The molecule has 0 aliphatic carbocycles. The van der Waals surface area contributed by atoms with Gasteiger partial charge in [-0.05, 0) is 12.6 Å². The van der Waals surface area contributed by atoms with Gasteiger partial charge in [0.2, 0.25) is 0 Å². The van der Waals surface area contributed by atoms with Gasteiger partial charge in [-0.15, -0.1) is 9.24 Å². The number of carbonyl (C=O) groups is 1. The number of rotatable bonds is 5. The van der Waals surface area contributed by atoms with Gasteiger partial charge in [-0.1, -0.05) is 0 Å². The summed E-state index contributed by atoms with van der Waals surface area (Å²) in [5, 5.41) is 7.00. The largest absolute Gasteiger partial charge is 0.464 e. The Morgan fingerprint density at radius 3 is 2.77 bits per heavy atom. The molecule has 0 heterocycles. The van der Waals surface area contributed by atoms with E-state index in [-0.39, 0.29) is 18.5 Å². The fourth-order valence-electron chi connectivity index (χ4n) is 0.594. The van der Waals surface area contributed by atoms with E-state index in [1.165, 1.54) is 4.90 Å². The minimum absolute atomic E-state index is 0.0339. The van der Waals surface area contributed by atoms with Gasteiger partial charge in [0, 0.05) is 7.05 Å². The second-order valence-corrected chi connectivity index (χ2v) is 3.18. The monoisotopic (exact) mass is 205 g/mol. The number of hydrogen-bond acceptors (Lipinski definition) is 3. The van der Waals surface area contributed by atoms with Crippen molar-refractivity contribution in [2.45, 2.75) is 6.42 Å². The molecule has 0 aromatic heterocycles. The van der Waals surface area contributed by atoms with Crippen LogP contribution >= 0.6 is 9.24 Å². The molecule has 0 fully saturated rings. The van der Waals surface area contributed by atoms with Crippen molar-refractivity contribution in [3.8, 4) is 0 Å². The second kappa shape index (κ2) is 6.66. The van der Waals surface area contributed by atoms with E-state index in [0.29, 0.717) is 6.61 Å². The Morgan fingerprint density at radius 2 is 2.31 bits per heavy atom. The van der Waals surface area contributed by atoms with Crippen LogP contribution in [0.25, 0.3) is 0 Å². The Morgan fingerprint density at radius 1 is 1.69 bits per heavy atom. The van der Waals surface area contributed by atoms with E-state index in [1.807, 2.05) is 0 Å². The predicted octanol–water partition coefficient (Wildman–Crippen LogP) is -0.380. The van der Waals surface area contributed by atoms with E-state index in [1.54, 1.807) is 7.05 Å². The highest BCUT2D eigenvalue weighted by atomic mass is 31.0. The zero-order valence-electron chi connectivity index (χ0n) is 7.75. The van der Waals surface area contributed by atoms with Gasteiger partial charge in [0.05, 0.1) is 6.61 Å². The molecule has 0 radical (unpaired) electrons. The van der Waals surface area contributed by atoms with Gasteiger partial charge in [0.15, 0.2) is 5.96 Å². The van der Waals surface area contributed by atoms with Crippen LogP contribution in [0, 0.1) is 5.41 Å². The van der Waals surface area contributed by atoms with Crippen LogP contribution in [0.15, 0.2) is 0 Å². The van der Waals surface area contributed by atoms with E-state index in [0.717, 1.165) is 12.6 Å². The summed E-state index contributed by atoms with van der Waals surface area (Å²) in [6.45, 7) is 0.459. The molecular formula is C7H16N3O2P. The molecule has 3 N–H and O–H groups in total. The number of nitrogens with one attached hydrogen (secondary N) is 1. The molecule has 0 saturated heterocycles. The van der Waals surface area contributed by atoms with Crippen molar-refractivity contribution in [1.82, 2.24) is 4.90 Å². The Labute approximate surface area is 80.3 Å². The first-order chi connectivity index (χ1) is 6.07. The van der Waals surface area contributed by atoms with Gasteiger partial charge in [-0.2, -0.15) is 0 Å². The smallest absolute Gasteiger partial charge is 0.325 e. The summed E-state index contributed by atoms with van der Waals surface area (Å²) in [7, 11) is 4.12. The first kappa shape index (κ1) is 12.2. The molecule has 0 aromatic rings. The third kappa shape index (κ3) is 6.34. The van der Waals surface area contributed by atoms with Gasteiger partial charge in [0.1, 0.15) is 6.54 Å². The van der Waals surface area contributed by atoms with E-state index in [2.05, 4.69) is 9.24 Å². The molecule has 0 aliphatic rings.